The van der Waals surface area contributed by atoms with E-state index in [9.17, 15) is 0 Å². The molecule has 0 unspecified atom stereocenters. The molecule has 76 valence electrons. The average Bonchev–Trinajstić information content (AvgIpc) is 2.12. The summed E-state index contributed by atoms with van der Waals surface area (Å²) >= 11 is 0. The summed E-state index contributed by atoms with van der Waals surface area (Å²) in [7, 11) is 2.19. The van der Waals surface area contributed by atoms with Crippen molar-refractivity contribution in [3.63, 3.8) is 0 Å². The fourth-order valence-corrected chi connectivity index (χ4v) is 1.22. The fourth-order valence-electron chi connectivity index (χ4n) is 1.22. The van der Waals surface area contributed by atoms with Crippen LogP contribution in [0.1, 0.15) is 33.6 Å². The Kier molecular flexibility index (Phi) is 7.71. The Morgan fingerprint density at radius 1 is 1.31 bits per heavy atom. The van der Waals surface area contributed by atoms with Gasteiger partial charge < -0.3 is 4.90 Å². The second-order valence-electron chi connectivity index (χ2n) is 3.52. The SMILES string of the molecule is C/C=C\C=C/C[C@H](C)N(C)CCC. The van der Waals surface area contributed by atoms with Crippen LogP contribution >= 0.6 is 0 Å². The van der Waals surface area contributed by atoms with Crippen molar-refractivity contribution in [3.8, 4) is 0 Å². The van der Waals surface area contributed by atoms with Crippen LogP contribution < -0.4 is 0 Å². The van der Waals surface area contributed by atoms with Crippen LogP contribution in [0.2, 0.25) is 0 Å². The Morgan fingerprint density at radius 2 is 2.00 bits per heavy atom. The highest BCUT2D eigenvalue weighted by molar-refractivity contribution is 5.01. The highest BCUT2D eigenvalue weighted by Gasteiger charge is 2.04. The van der Waals surface area contributed by atoms with Crippen molar-refractivity contribution in [2.45, 2.75) is 39.7 Å². The Labute approximate surface area is 83.1 Å². The molecule has 0 fully saturated rings. The first-order valence-corrected chi connectivity index (χ1v) is 5.20. The third-order valence-electron chi connectivity index (χ3n) is 2.25. The second kappa shape index (κ2) is 8.06. The molecule has 0 saturated carbocycles. The maximum atomic E-state index is 2.40. The molecule has 1 atom stereocenters. The zero-order valence-electron chi connectivity index (χ0n) is 9.46. The minimum Gasteiger partial charge on any atom is -0.303 e. The van der Waals surface area contributed by atoms with Crippen LogP contribution in [0.3, 0.4) is 0 Å². The molecule has 0 saturated heterocycles. The molecule has 0 aliphatic heterocycles. The molecule has 1 heteroatoms. The van der Waals surface area contributed by atoms with Gasteiger partial charge in [-0.2, -0.15) is 0 Å². The molecule has 0 rings (SSSR count). The van der Waals surface area contributed by atoms with E-state index in [1.54, 1.807) is 0 Å². The highest BCUT2D eigenvalue weighted by atomic mass is 15.1. The predicted molar refractivity (Wildman–Crippen MR) is 61.0 cm³/mol. The zero-order chi connectivity index (χ0) is 10.1. The Hall–Kier alpha value is -0.560. The predicted octanol–water partition coefficient (Wildman–Crippen LogP) is 3.24. The maximum absolute atomic E-state index is 2.40. The van der Waals surface area contributed by atoms with E-state index in [-0.39, 0.29) is 0 Å². The van der Waals surface area contributed by atoms with Gasteiger partial charge in [0.25, 0.3) is 0 Å². The minimum absolute atomic E-state index is 0.654. The van der Waals surface area contributed by atoms with E-state index in [0.717, 1.165) is 6.42 Å². The van der Waals surface area contributed by atoms with Crippen molar-refractivity contribution >= 4 is 0 Å². The van der Waals surface area contributed by atoms with Crippen LogP contribution in [0.4, 0.5) is 0 Å². The van der Waals surface area contributed by atoms with Gasteiger partial charge in [-0.25, -0.2) is 0 Å². The van der Waals surface area contributed by atoms with E-state index >= 15 is 0 Å². The first-order valence-electron chi connectivity index (χ1n) is 5.20. The largest absolute Gasteiger partial charge is 0.303 e. The molecule has 0 aromatic heterocycles. The summed E-state index contributed by atoms with van der Waals surface area (Å²) in [6.07, 6.45) is 10.9. The van der Waals surface area contributed by atoms with Gasteiger partial charge in [0, 0.05) is 6.04 Å². The van der Waals surface area contributed by atoms with Crippen LogP contribution in [0.25, 0.3) is 0 Å². The average molecular weight is 181 g/mol. The number of hydrogen-bond donors (Lipinski definition) is 0. The third kappa shape index (κ3) is 6.59. The Bertz CT molecular complexity index is 159. The van der Waals surface area contributed by atoms with E-state index in [4.69, 9.17) is 0 Å². The summed E-state index contributed by atoms with van der Waals surface area (Å²) in [4.78, 5) is 2.40. The number of hydrogen-bond acceptors (Lipinski definition) is 1. The van der Waals surface area contributed by atoms with Gasteiger partial charge in [-0.1, -0.05) is 31.2 Å². The van der Waals surface area contributed by atoms with Gasteiger partial charge in [-0.3, -0.25) is 0 Å². The van der Waals surface area contributed by atoms with Crippen molar-refractivity contribution in [1.82, 2.24) is 4.90 Å². The van der Waals surface area contributed by atoms with Crippen molar-refractivity contribution in [1.29, 1.82) is 0 Å². The lowest BCUT2D eigenvalue weighted by atomic mass is 10.2. The van der Waals surface area contributed by atoms with Gasteiger partial charge in [-0.05, 0) is 40.3 Å². The van der Waals surface area contributed by atoms with E-state index in [1.807, 2.05) is 6.92 Å². The molecule has 0 bridgehead atoms. The molecule has 0 heterocycles. The molecule has 0 radical (unpaired) electrons. The maximum Gasteiger partial charge on any atom is 0.00984 e. The van der Waals surface area contributed by atoms with Crippen LogP contribution in [-0.4, -0.2) is 24.5 Å². The molecular formula is C12H23N. The van der Waals surface area contributed by atoms with Gasteiger partial charge >= 0.3 is 0 Å². The molecule has 0 N–H and O–H groups in total. The smallest absolute Gasteiger partial charge is 0.00984 e. The van der Waals surface area contributed by atoms with Crippen molar-refractivity contribution in [2.24, 2.45) is 0 Å². The monoisotopic (exact) mass is 181 g/mol. The number of allylic oxidation sites excluding steroid dienone is 3. The molecule has 0 spiro atoms. The lowest BCUT2D eigenvalue weighted by molar-refractivity contribution is 0.259. The standard InChI is InChI=1S/C12H23N/c1-5-7-8-9-10-12(3)13(4)11-6-2/h5,7-9,12H,6,10-11H2,1-4H3/b7-5-,9-8-/t12-/m0/s1. The summed E-state index contributed by atoms with van der Waals surface area (Å²) in [6, 6.07) is 0.654. The summed E-state index contributed by atoms with van der Waals surface area (Å²) in [5.41, 5.74) is 0. The topological polar surface area (TPSA) is 3.24 Å². The second-order valence-corrected chi connectivity index (χ2v) is 3.52. The van der Waals surface area contributed by atoms with E-state index in [2.05, 4.69) is 50.1 Å². The lowest BCUT2D eigenvalue weighted by Gasteiger charge is -2.22. The molecule has 0 aromatic rings. The highest BCUT2D eigenvalue weighted by Crippen LogP contribution is 2.02. The Balaban J connectivity index is 3.66. The molecule has 0 amide bonds. The summed E-state index contributed by atoms with van der Waals surface area (Å²) in [5, 5.41) is 0. The molecule has 0 aliphatic rings. The van der Waals surface area contributed by atoms with E-state index in [1.165, 1.54) is 13.0 Å². The van der Waals surface area contributed by atoms with E-state index in [0.29, 0.717) is 6.04 Å². The van der Waals surface area contributed by atoms with Gasteiger partial charge in [0.05, 0.1) is 0 Å². The van der Waals surface area contributed by atoms with Crippen LogP contribution in [0, 0.1) is 0 Å². The first-order chi connectivity index (χ1) is 6.22. The van der Waals surface area contributed by atoms with Gasteiger partial charge in [0.15, 0.2) is 0 Å². The van der Waals surface area contributed by atoms with Crippen LogP contribution in [0.15, 0.2) is 24.3 Å². The quantitative estimate of drug-likeness (QED) is 0.569. The minimum atomic E-state index is 0.654. The van der Waals surface area contributed by atoms with Gasteiger partial charge in [0.1, 0.15) is 0 Å². The van der Waals surface area contributed by atoms with Crippen LogP contribution in [0.5, 0.6) is 0 Å². The normalized spacial score (nSPS) is 14.8. The molecular weight excluding hydrogens is 158 g/mol. The molecule has 0 aliphatic carbocycles. The molecule has 0 aromatic carbocycles. The van der Waals surface area contributed by atoms with Crippen LogP contribution in [-0.2, 0) is 0 Å². The van der Waals surface area contributed by atoms with Gasteiger partial charge in [0.2, 0.25) is 0 Å². The first kappa shape index (κ1) is 12.4. The fraction of sp³-hybridized carbons (Fsp3) is 0.667. The molecule has 1 nitrogen and oxygen atoms in total. The summed E-state index contributed by atoms with van der Waals surface area (Å²) in [5.74, 6) is 0. The number of rotatable bonds is 6. The summed E-state index contributed by atoms with van der Waals surface area (Å²) < 4.78 is 0. The van der Waals surface area contributed by atoms with E-state index < -0.39 is 0 Å². The van der Waals surface area contributed by atoms with Crippen molar-refractivity contribution in [2.75, 3.05) is 13.6 Å². The summed E-state index contributed by atoms with van der Waals surface area (Å²) in [6.45, 7) is 7.73. The Morgan fingerprint density at radius 3 is 2.54 bits per heavy atom. The number of nitrogens with zero attached hydrogens (tertiary/aromatic N) is 1. The zero-order valence-corrected chi connectivity index (χ0v) is 9.46. The van der Waals surface area contributed by atoms with Gasteiger partial charge in [-0.15, -0.1) is 0 Å². The van der Waals surface area contributed by atoms with Crippen molar-refractivity contribution in [3.05, 3.63) is 24.3 Å². The lowest BCUT2D eigenvalue weighted by Crippen LogP contribution is -2.29. The molecule has 13 heavy (non-hydrogen) atoms. The van der Waals surface area contributed by atoms with Crippen molar-refractivity contribution < 1.29 is 0 Å². The third-order valence-corrected chi connectivity index (χ3v) is 2.25.